The molecule has 1 aliphatic rings. The summed E-state index contributed by atoms with van der Waals surface area (Å²) in [6.07, 6.45) is -4.91. The van der Waals surface area contributed by atoms with Crippen LogP contribution in [0, 0.1) is 3.57 Å². The molecule has 1 saturated heterocycles. The molecule has 1 aromatic heterocycles. The van der Waals surface area contributed by atoms with Crippen molar-refractivity contribution in [1.29, 1.82) is 0 Å². The Labute approximate surface area is 151 Å². The average Bonchev–Trinajstić information content (AvgIpc) is 2.44. The average molecular weight is 458 g/mol. The molecule has 0 radical (unpaired) electrons. The first kappa shape index (κ1) is 19.0. The Kier molecular flexibility index (Phi) is 5.45. The summed E-state index contributed by atoms with van der Waals surface area (Å²) < 4.78 is 43.5. The van der Waals surface area contributed by atoms with Gasteiger partial charge >= 0.3 is 12.3 Å². The molecule has 6 nitrogen and oxygen atoms in total. The maximum Gasteiger partial charge on any atom is 0.436 e. The van der Waals surface area contributed by atoms with Crippen LogP contribution in [0.3, 0.4) is 0 Å². The summed E-state index contributed by atoms with van der Waals surface area (Å²) in [5.74, 6) is 0.372. The first-order valence-corrected chi connectivity index (χ1v) is 8.38. The van der Waals surface area contributed by atoms with Gasteiger partial charge in [0.15, 0.2) is 11.5 Å². The Bertz CT molecular complexity index is 611. The molecule has 0 aliphatic carbocycles. The molecule has 134 valence electrons. The number of halogens is 4. The molecule has 1 fully saturated rings. The molecule has 0 aromatic carbocycles. The lowest BCUT2D eigenvalue weighted by atomic mass is 10.2. The highest BCUT2D eigenvalue weighted by Crippen LogP contribution is 2.32. The molecule has 1 aromatic rings. The molecule has 24 heavy (non-hydrogen) atoms. The third-order valence-corrected chi connectivity index (χ3v) is 4.08. The van der Waals surface area contributed by atoms with Crippen molar-refractivity contribution in [2.75, 3.05) is 31.1 Å². The van der Waals surface area contributed by atoms with Gasteiger partial charge < -0.3 is 14.5 Å². The fraction of sp³-hybridized carbons (Fsp3) is 0.643. The SMILES string of the molecule is CC(C)(C)OC(=O)N1CCN(c2cc(I)c(C(F)(F)F)nn2)CC1. The van der Waals surface area contributed by atoms with Gasteiger partial charge in [0.05, 0.1) is 0 Å². The zero-order valence-corrected chi connectivity index (χ0v) is 15.7. The van der Waals surface area contributed by atoms with Crippen molar-refractivity contribution in [3.63, 3.8) is 0 Å². The van der Waals surface area contributed by atoms with E-state index in [0.29, 0.717) is 32.0 Å². The van der Waals surface area contributed by atoms with E-state index in [-0.39, 0.29) is 3.57 Å². The molecular weight excluding hydrogens is 440 g/mol. The van der Waals surface area contributed by atoms with Gasteiger partial charge in [0, 0.05) is 29.7 Å². The van der Waals surface area contributed by atoms with Gasteiger partial charge in [0.1, 0.15) is 5.60 Å². The van der Waals surface area contributed by atoms with Gasteiger partial charge in [-0.3, -0.25) is 0 Å². The third-order valence-electron chi connectivity index (χ3n) is 3.26. The number of anilines is 1. The third kappa shape index (κ3) is 4.84. The molecular formula is C14H18F3IN4O2. The van der Waals surface area contributed by atoms with Gasteiger partial charge in [-0.15, -0.1) is 10.2 Å². The molecule has 0 saturated carbocycles. The minimum Gasteiger partial charge on any atom is -0.444 e. The predicted octanol–water partition coefficient (Wildman–Crippen LogP) is 3.16. The smallest absolute Gasteiger partial charge is 0.436 e. The highest BCUT2D eigenvalue weighted by Gasteiger charge is 2.36. The van der Waals surface area contributed by atoms with E-state index >= 15 is 0 Å². The summed E-state index contributed by atoms with van der Waals surface area (Å²) in [6, 6.07) is 1.36. The number of carbonyl (C=O) groups is 1. The van der Waals surface area contributed by atoms with Crippen LogP contribution in [0.4, 0.5) is 23.8 Å². The fourth-order valence-corrected chi connectivity index (χ4v) is 2.84. The van der Waals surface area contributed by atoms with Crippen LogP contribution in [0.15, 0.2) is 6.07 Å². The van der Waals surface area contributed by atoms with E-state index in [0.717, 1.165) is 0 Å². The van der Waals surface area contributed by atoms with Gasteiger partial charge in [-0.2, -0.15) is 13.2 Å². The molecule has 1 amide bonds. The highest BCUT2D eigenvalue weighted by molar-refractivity contribution is 14.1. The van der Waals surface area contributed by atoms with Crippen molar-refractivity contribution in [3.05, 3.63) is 15.3 Å². The number of amides is 1. The lowest BCUT2D eigenvalue weighted by Gasteiger charge is -2.36. The minimum atomic E-state index is -4.52. The van der Waals surface area contributed by atoms with E-state index < -0.39 is 23.6 Å². The fourth-order valence-electron chi connectivity index (χ4n) is 2.15. The van der Waals surface area contributed by atoms with Crippen LogP contribution in [0.1, 0.15) is 26.5 Å². The van der Waals surface area contributed by atoms with Crippen molar-refractivity contribution in [3.8, 4) is 0 Å². The molecule has 0 bridgehead atoms. The number of aromatic nitrogens is 2. The van der Waals surface area contributed by atoms with Crippen molar-refractivity contribution >= 4 is 34.5 Å². The first-order chi connectivity index (χ1) is 11.0. The quantitative estimate of drug-likeness (QED) is 0.606. The molecule has 10 heteroatoms. The van der Waals surface area contributed by atoms with Crippen LogP contribution in [0.25, 0.3) is 0 Å². The monoisotopic (exact) mass is 458 g/mol. The van der Waals surface area contributed by atoms with Gasteiger partial charge in [-0.05, 0) is 49.4 Å². The highest BCUT2D eigenvalue weighted by atomic mass is 127. The maximum absolute atomic E-state index is 12.7. The van der Waals surface area contributed by atoms with E-state index in [1.165, 1.54) is 6.07 Å². The second-order valence-electron chi connectivity index (χ2n) is 6.35. The van der Waals surface area contributed by atoms with Gasteiger partial charge in [0.2, 0.25) is 0 Å². The number of alkyl halides is 3. The van der Waals surface area contributed by atoms with Crippen LogP contribution in [0.2, 0.25) is 0 Å². The molecule has 2 rings (SSSR count). The minimum absolute atomic E-state index is 0.000304. The van der Waals surface area contributed by atoms with Gasteiger partial charge in [-0.1, -0.05) is 0 Å². The Balaban J connectivity index is 2.00. The predicted molar refractivity (Wildman–Crippen MR) is 89.8 cm³/mol. The van der Waals surface area contributed by atoms with E-state index in [9.17, 15) is 18.0 Å². The number of nitrogens with zero attached hydrogens (tertiary/aromatic N) is 4. The molecule has 0 N–H and O–H groups in total. The van der Waals surface area contributed by atoms with Crippen LogP contribution in [-0.4, -0.2) is 53.0 Å². The van der Waals surface area contributed by atoms with Crippen LogP contribution in [0.5, 0.6) is 0 Å². The zero-order valence-electron chi connectivity index (χ0n) is 13.5. The number of carbonyl (C=O) groups excluding carboxylic acids is 1. The normalized spacial score (nSPS) is 16.3. The molecule has 2 heterocycles. The van der Waals surface area contributed by atoms with E-state index in [2.05, 4.69) is 10.2 Å². The maximum atomic E-state index is 12.7. The van der Waals surface area contributed by atoms with Crippen molar-refractivity contribution in [2.45, 2.75) is 32.5 Å². The Morgan fingerprint density at radius 3 is 2.21 bits per heavy atom. The Morgan fingerprint density at radius 2 is 1.75 bits per heavy atom. The topological polar surface area (TPSA) is 58.6 Å². The summed E-state index contributed by atoms with van der Waals surface area (Å²) in [5.41, 5.74) is -1.55. The molecule has 0 spiro atoms. The number of rotatable bonds is 1. The lowest BCUT2D eigenvalue weighted by Crippen LogP contribution is -2.50. The summed E-state index contributed by atoms with van der Waals surface area (Å²) in [7, 11) is 0. The van der Waals surface area contributed by atoms with Gasteiger partial charge in [-0.25, -0.2) is 4.79 Å². The summed E-state index contributed by atoms with van der Waals surface area (Å²) in [5, 5.41) is 6.97. The Hall–Kier alpha value is -1.33. The number of hydrogen-bond donors (Lipinski definition) is 0. The standard InChI is InChI=1S/C14H18F3IN4O2/c1-13(2,3)24-12(23)22-6-4-21(5-7-22)10-8-9(18)11(20-19-10)14(15,16)17/h8H,4-7H2,1-3H3. The first-order valence-electron chi connectivity index (χ1n) is 7.30. The van der Waals surface area contributed by atoms with Crippen LogP contribution >= 0.6 is 22.6 Å². The zero-order chi connectivity index (χ0) is 18.1. The number of ether oxygens (including phenoxy) is 1. The van der Waals surface area contributed by atoms with E-state index in [1.807, 2.05) is 0 Å². The summed E-state index contributed by atoms with van der Waals surface area (Å²) in [6.45, 7) is 7.11. The van der Waals surface area contributed by atoms with Crippen molar-refractivity contribution < 1.29 is 22.7 Å². The molecule has 0 atom stereocenters. The molecule has 0 unspecified atom stereocenters. The summed E-state index contributed by atoms with van der Waals surface area (Å²) in [4.78, 5) is 15.4. The van der Waals surface area contributed by atoms with Crippen LogP contribution in [-0.2, 0) is 10.9 Å². The second-order valence-corrected chi connectivity index (χ2v) is 7.51. The largest absolute Gasteiger partial charge is 0.444 e. The van der Waals surface area contributed by atoms with Gasteiger partial charge in [0.25, 0.3) is 0 Å². The van der Waals surface area contributed by atoms with E-state index in [4.69, 9.17) is 4.74 Å². The second kappa shape index (κ2) is 6.89. The van der Waals surface area contributed by atoms with Crippen LogP contribution < -0.4 is 4.90 Å². The Morgan fingerprint density at radius 1 is 1.17 bits per heavy atom. The van der Waals surface area contributed by atoms with Crippen molar-refractivity contribution in [1.82, 2.24) is 15.1 Å². The lowest BCUT2D eigenvalue weighted by molar-refractivity contribution is -0.142. The molecule has 1 aliphatic heterocycles. The van der Waals surface area contributed by atoms with E-state index in [1.54, 1.807) is 53.2 Å². The number of piperazine rings is 1. The van der Waals surface area contributed by atoms with Crippen molar-refractivity contribution in [2.24, 2.45) is 0 Å². The number of hydrogen-bond acceptors (Lipinski definition) is 5. The summed E-state index contributed by atoms with van der Waals surface area (Å²) >= 11 is 1.60.